The zero-order chi connectivity index (χ0) is 26.5. The molecule has 1 fully saturated rings. The van der Waals surface area contributed by atoms with Crippen molar-refractivity contribution in [1.82, 2.24) is 10.2 Å². The number of hydrogen-bond acceptors (Lipinski definition) is 4. The zero-order valence-corrected chi connectivity index (χ0v) is 23.2. The molecule has 1 aliphatic carbocycles. The summed E-state index contributed by atoms with van der Waals surface area (Å²) in [5, 5.41) is 4.04. The van der Waals surface area contributed by atoms with E-state index < -0.39 is 28.5 Å². The van der Waals surface area contributed by atoms with Crippen LogP contribution in [0, 0.1) is 6.92 Å². The molecule has 0 spiro atoms. The summed E-state index contributed by atoms with van der Waals surface area (Å²) in [4.78, 5) is 28.5. The summed E-state index contributed by atoms with van der Waals surface area (Å²) in [7, 11) is -3.83. The van der Waals surface area contributed by atoms with Gasteiger partial charge in [0.1, 0.15) is 12.6 Å². The largest absolute Gasteiger partial charge is 0.352 e. The normalized spacial score (nSPS) is 14.9. The van der Waals surface area contributed by atoms with Gasteiger partial charge < -0.3 is 10.2 Å². The third-order valence-electron chi connectivity index (χ3n) is 6.54. The van der Waals surface area contributed by atoms with Crippen LogP contribution >= 0.6 is 23.2 Å². The van der Waals surface area contributed by atoms with Crippen molar-refractivity contribution in [1.29, 1.82) is 0 Å². The van der Waals surface area contributed by atoms with Crippen LogP contribution in [0.4, 0.5) is 5.69 Å². The molecule has 0 heterocycles. The van der Waals surface area contributed by atoms with Gasteiger partial charge in [-0.3, -0.25) is 13.9 Å². The summed E-state index contributed by atoms with van der Waals surface area (Å²) in [6.07, 6.45) is 5.41. The molecule has 7 nitrogen and oxygen atoms in total. The van der Waals surface area contributed by atoms with Crippen molar-refractivity contribution in [2.24, 2.45) is 0 Å². The van der Waals surface area contributed by atoms with Gasteiger partial charge in [0, 0.05) is 22.6 Å². The van der Waals surface area contributed by atoms with Gasteiger partial charge >= 0.3 is 0 Å². The zero-order valence-electron chi connectivity index (χ0n) is 20.8. The Kier molecular flexibility index (Phi) is 9.66. The fourth-order valence-electron chi connectivity index (χ4n) is 4.53. The van der Waals surface area contributed by atoms with Crippen LogP contribution in [0.5, 0.6) is 0 Å². The number of halogens is 2. The Balaban J connectivity index is 1.94. The van der Waals surface area contributed by atoms with Crippen molar-refractivity contribution >= 4 is 50.7 Å². The van der Waals surface area contributed by atoms with Gasteiger partial charge in [-0.1, -0.05) is 61.2 Å². The Morgan fingerprint density at radius 3 is 2.31 bits per heavy atom. The van der Waals surface area contributed by atoms with Crippen LogP contribution in [0.25, 0.3) is 0 Å². The monoisotopic (exact) mass is 553 g/mol. The number of nitrogens with zero attached hydrogens (tertiary/aromatic N) is 2. The van der Waals surface area contributed by atoms with E-state index in [9.17, 15) is 18.0 Å². The van der Waals surface area contributed by atoms with Gasteiger partial charge in [0.15, 0.2) is 0 Å². The number of amides is 2. The van der Waals surface area contributed by atoms with E-state index in [1.807, 2.05) is 6.92 Å². The highest BCUT2D eigenvalue weighted by atomic mass is 35.5. The van der Waals surface area contributed by atoms with Gasteiger partial charge in [-0.15, -0.1) is 0 Å². The highest BCUT2D eigenvalue weighted by Crippen LogP contribution is 2.29. The fourth-order valence-corrected chi connectivity index (χ4v) is 5.73. The highest BCUT2D eigenvalue weighted by Gasteiger charge is 2.33. The summed E-state index contributed by atoms with van der Waals surface area (Å²) < 4.78 is 26.6. The highest BCUT2D eigenvalue weighted by molar-refractivity contribution is 7.92. The molecule has 0 bridgehead atoms. The third-order valence-corrected chi connectivity index (χ3v) is 8.33. The second-order valence-corrected chi connectivity index (χ2v) is 12.0. The number of hydrogen-bond donors (Lipinski definition) is 1. The second-order valence-electron chi connectivity index (χ2n) is 9.22. The summed E-state index contributed by atoms with van der Waals surface area (Å²) in [5.41, 5.74) is 1.66. The lowest BCUT2D eigenvalue weighted by Crippen LogP contribution is -2.53. The Labute approximate surface area is 223 Å². The number of sulfonamides is 1. The van der Waals surface area contributed by atoms with Crippen molar-refractivity contribution in [3.8, 4) is 0 Å². The van der Waals surface area contributed by atoms with Crippen LogP contribution in [-0.4, -0.2) is 50.0 Å². The number of nitrogens with one attached hydrogen (secondary N) is 1. The predicted octanol–water partition coefficient (Wildman–Crippen LogP) is 4.93. The summed E-state index contributed by atoms with van der Waals surface area (Å²) in [6.45, 7) is 3.23. The minimum absolute atomic E-state index is 0.0978. The Bertz CT molecular complexity index is 1180. The summed E-state index contributed by atoms with van der Waals surface area (Å²) >= 11 is 12.3. The molecular formula is C26H33Cl2N3O4S. The molecule has 0 saturated heterocycles. The molecule has 1 N–H and O–H groups in total. The maximum Gasteiger partial charge on any atom is 0.244 e. The van der Waals surface area contributed by atoms with E-state index in [0.29, 0.717) is 27.7 Å². The van der Waals surface area contributed by atoms with Crippen LogP contribution < -0.4 is 9.62 Å². The van der Waals surface area contributed by atoms with Gasteiger partial charge in [0.2, 0.25) is 21.8 Å². The predicted molar refractivity (Wildman–Crippen MR) is 145 cm³/mol. The Morgan fingerprint density at radius 2 is 1.72 bits per heavy atom. The second kappa shape index (κ2) is 12.3. The van der Waals surface area contributed by atoms with Crippen LogP contribution in [-0.2, 0) is 26.2 Å². The molecule has 1 atom stereocenters. The number of rotatable bonds is 10. The minimum atomic E-state index is -3.83. The third kappa shape index (κ3) is 7.14. The summed E-state index contributed by atoms with van der Waals surface area (Å²) in [5.74, 6) is -0.709. The first-order valence-corrected chi connectivity index (χ1v) is 14.7. The standard InChI is InChI=1S/C26H33Cl2N3O4S/c1-4-23(26(33)29-21-8-5-6-9-21)30(16-19-12-14-20(27)15-13-19)25(32)17-31(36(3,34)35)24-11-7-10-22(28)18(24)2/h7,10-15,21,23H,4-6,8-9,16-17H2,1-3H3,(H,29,33)/t23-/m1/s1. The topological polar surface area (TPSA) is 86.8 Å². The van der Waals surface area contributed by atoms with E-state index in [0.717, 1.165) is 41.8 Å². The first-order valence-electron chi connectivity index (χ1n) is 12.1. The van der Waals surface area contributed by atoms with Crippen molar-refractivity contribution < 1.29 is 18.0 Å². The molecule has 36 heavy (non-hydrogen) atoms. The number of anilines is 1. The molecule has 0 radical (unpaired) electrons. The number of carbonyl (C=O) groups excluding carboxylic acids is 2. The molecule has 0 aromatic heterocycles. The van der Waals surface area contributed by atoms with Crippen LogP contribution in [0.1, 0.15) is 50.2 Å². The molecule has 1 aliphatic rings. The molecular weight excluding hydrogens is 521 g/mol. The van der Waals surface area contributed by atoms with Crippen LogP contribution in [0.2, 0.25) is 10.0 Å². The van der Waals surface area contributed by atoms with E-state index in [4.69, 9.17) is 23.2 Å². The molecule has 0 aliphatic heterocycles. The number of benzene rings is 2. The average molecular weight is 555 g/mol. The van der Waals surface area contributed by atoms with Crippen molar-refractivity contribution in [2.45, 2.75) is 64.6 Å². The first-order chi connectivity index (χ1) is 17.0. The quantitative estimate of drug-likeness (QED) is 0.451. The Hall–Kier alpha value is -2.29. The lowest BCUT2D eigenvalue weighted by atomic mass is 10.1. The van der Waals surface area contributed by atoms with Crippen molar-refractivity contribution in [3.63, 3.8) is 0 Å². The first kappa shape index (κ1) is 28.3. The van der Waals surface area contributed by atoms with Crippen molar-refractivity contribution in [3.05, 3.63) is 63.6 Å². The lowest BCUT2D eigenvalue weighted by Gasteiger charge is -2.33. The van der Waals surface area contributed by atoms with Gasteiger partial charge in [-0.2, -0.15) is 0 Å². The maximum atomic E-state index is 13.8. The lowest BCUT2D eigenvalue weighted by molar-refractivity contribution is -0.140. The minimum Gasteiger partial charge on any atom is -0.352 e. The van der Waals surface area contributed by atoms with E-state index in [-0.39, 0.29) is 18.5 Å². The van der Waals surface area contributed by atoms with Gasteiger partial charge in [-0.25, -0.2) is 8.42 Å². The SMILES string of the molecule is CC[C@H](C(=O)NC1CCCC1)N(Cc1ccc(Cl)cc1)C(=O)CN(c1cccc(Cl)c1C)S(C)(=O)=O. The van der Waals surface area contributed by atoms with Gasteiger partial charge in [-0.05, 0) is 61.6 Å². The van der Waals surface area contributed by atoms with Crippen LogP contribution in [0.15, 0.2) is 42.5 Å². The maximum absolute atomic E-state index is 13.8. The smallest absolute Gasteiger partial charge is 0.244 e. The fraction of sp³-hybridized carbons (Fsp3) is 0.462. The van der Waals surface area contributed by atoms with Crippen LogP contribution in [0.3, 0.4) is 0 Å². The van der Waals surface area contributed by atoms with Crippen molar-refractivity contribution in [2.75, 3.05) is 17.1 Å². The van der Waals surface area contributed by atoms with Gasteiger partial charge in [0.05, 0.1) is 11.9 Å². The van der Waals surface area contributed by atoms with Gasteiger partial charge in [0.25, 0.3) is 0 Å². The molecule has 196 valence electrons. The average Bonchev–Trinajstić information content (AvgIpc) is 3.33. The van der Waals surface area contributed by atoms with E-state index in [1.54, 1.807) is 49.4 Å². The van der Waals surface area contributed by atoms with E-state index in [1.165, 1.54) is 4.90 Å². The Morgan fingerprint density at radius 1 is 1.08 bits per heavy atom. The van der Waals surface area contributed by atoms with E-state index >= 15 is 0 Å². The molecule has 2 aromatic carbocycles. The van der Waals surface area contributed by atoms with E-state index in [2.05, 4.69) is 5.32 Å². The molecule has 3 rings (SSSR count). The molecule has 1 saturated carbocycles. The molecule has 2 amide bonds. The summed E-state index contributed by atoms with van der Waals surface area (Å²) in [6, 6.07) is 11.3. The number of carbonyl (C=O) groups is 2. The molecule has 2 aromatic rings. The molecule has 0 unspecified atom stereocenters. The molecule has 10 heteroatoms.